The molecule has 2 aromatic rings. The minimum absolute atomic E-state index is 0.00104. The van der Waals surface area contributed by atoms with Crippen molar-refractivity contribution < 1.29 is 18.7 Å². The number of hydrogen-bond acceptors (Lipinski definition) is 4. The quantitative estimate of drug-likeness (QED) is 0.286. The fraction of sp³-hybridized carbons (Fsp3) is 0.391. The second kappa shape index (κ2) is 11.0. The van der Waals surface area contributed by atoms with Gasteiger partial charge >= 0.3 is 183 Å². The van der Waals surface area contributed by atoms with Crippen molar-refractivity contribution in [1.82, 2.24) is 10.2 Å². The van der Waals surface area contributed by atoms with Gasteiger partial charge in [0.25, 0.3) is 0 Å². The fourth-order valence-corrected chi connectivity index (χ4v) is 5.18. The Hall–Kier alpha value is -1.81. The Morgan fingerprint density at radius 3 is 2.57 bits per heavy atom. The van der Waals surface area contributed by atoms with Crippen LogP contribution in [0.25, 0.3) is 0 Å². The van der Waals surface area contributed by atoms with Crippen LogP contribution in [0.1, 0.15) is 27.4 Å². The van der Waals surface area contributed by atoms with E-state index in [-0.39, 0.29) is 27.2 Å². The molecular weight excluding hydrogens is 578 g/mol. The van der Waals surface area contributed by atoms with E-state index in [1.54, 1.807) is 17.0 Å². The van der Waals surface area contributed by atoms with Crippen molar-refractivity contribution in [2.45, 2.75) is 34.8 Å². The topological polar surface area (TPSA) is 58.6 Å². The molecule has 0 aliphatic carbocycles. The van der Waals surface area contributed by atoms with E-state index in [0.29, 0.717) is 38.7 Å². The van der Waals surface area contributed by atoms with Crippen molar-refractivity contribution >= 4 is 37.6 Å². The van der Waals surface area contributed by atoms with E-state index in [4.69, 9.17) is 4.74 Å². The number of carbonyl (C=O) groups excluding carboxylic acids is 2. The predicted molar refractivity (Wildman–Crippen MR) is 114 cm³/mol. The first kappa shape index (κ1) is 22.9. The molecule has 3 radical (unpaired) electrons. The number of ether oxygens (including phenoxy) is 1. The Morgan fingerprint density at radius 2 is 1.90 bits per heavy atom. The summed E-state index contributed by atoms with van der Waals surface area (Å²) in [6.07, 6.45) is 2.30. The van der Waals surface area contributed by atoms with Crippen LogP contribution in [0.5, 0.6) is 0 Å². The number of hydrogen-bond donors (Lipinski definition) is 1. The van der Waals surface area contributed by atoms with Gasteiger partial charge in [0.05, 0.1) is 0 Å². The summed E-state index contributed by atoms with van der Waals surface area (Å²) in [6.45, 7) is 1.27. The molecule has 3 rings (SSSR count). The van der Waals surface area contributed by atoms with Crippen LogP contribution < -0.4 is 5.32 Å². The Labute approximate surface area is 192 Å². The SMILES string of the molecule is COC(=O)C1CC(NCCCc2ccc(F)cc2)CN1C(=O)[CH]([Pb])c1ccccc1. The fourth-order valence-electron chi connectivity index (χ4n) is 3.79. The third kappa shape index (κ3) is 5.87. The van der Waals surface area contributed by atoms with Crippen LogP contribution in [0.3, 0.4) is 0 Å². The molecule has 5 nitrogen and oxygen atoms in total. The van der Waals surface area contributed by atoms with Gasteiger partial charge in [-0.3, -0.25) is 0 Å². The van der Waals surface area contributed by atoms with E-state index in [9.17, 15) is 14.0 Å². The molecule has 7 heteroatoms. The van der Waals surface area contributed by atoms with Gasteiger partial charge in [0.1, 0.15) is 5.82 Å². The van der Waals surface area contributed by atoms with Gasteiger partial charge in [-0.1, -0.05) is 0 Å². The third-order valence-corrected chi connectivity index (χ3v) is 7.68. The van der Waals surface area contributed by atoms with Gasteiger partial charge in [-0.15, -0.1) is 0 Å². The first-order valence-corrected chi connectivity index (χ1v) is 12.4. The zero-order valence-electron chi connectivity index (χ0n) is 17.0. The molecule has 1 saturated heterocycles. The van der Waals surface area contributed by atoms with Crippen molar-refractivity contribution in [1.29, 1.82) is 0 Å². The number of rotatable bonds is 8. The Morgan fingerprint density at radius 1 is 1.20 bits per heavy atom. The maximum atomic E-state index is 13.2. The minimum atomic E-state index is -0.544. The molecule has 1 aliphatic heterocycles. The summed E-state index contributed by atoms with van der Waals surface area (Å²) >= 11 is 0.675. The molecule has 1 heterocycles. The molecule has 3 unspecified atom stereocenters. The molecule has 0 spiro atoms. The second-order valence-corrected chi connectivity index (χ2v) is 9.73. The number of carbonyl (C=O) groups is 2. The molecule has 0 aromatic heterocycles. The van der Waals surface area contributed by atoms with Crippen LogP contribution in [0.15, 0.2) is 54.6 Å². The molecule has 1 N–H and O–H groups in total. The van der Waals surface area contributed by atoms with Crippen molar-refractivity contribution in [2.24, 2.45) is 0 Å². The molecular formula is C23H26FN2O3Pb. The van der Waals surface area contributed by atoms with E-state index < -0.39 is 6.04 Å². The summed E-state index contributed by atoms with van der Waals surface area (Å²) in [5.41, 5.74) is 2.09. The van der Waals surface area contributed by atoms with Gasteiger partial charge in [0, 0.05) is 0 Å². The molecule has 3 atom stereocenters. The summed E-state index contributed by atoms with van der Waals surface area (Å²) in [7, 11) is 1.36. The van der Waals surface area contributed by atoms with Crippen LogP contribution in [0, 0.1) is 5.82 Å². The van der Waals surface area contributed by atoms with Crippen molar-refractivity contribution in [2.75, 3.05) is 20.2 Å². The molecule has 0 bridgehead atoms. The second-order valence-electron chi connectivity index (χ2n) is 7.49. The number of amides is 1. The molecule has 157 valence electrons. The van der Waals surface area contributed by atoms with Crippen molar-refractivity contribution in [3.05, 3.63) is 71.5 Å². The number of nitrogens with zero attached hydrogens (tertiary/aromatic N) is 1. The summed E-state index contributed by atoms with van der Waals surface area (Å²) < 4.78 is 17.8. The van der Waals surface area contributed by atoms with E-state index in [0.717, 1.165) is 30.5 Å². The summed E-state index contributed by atoms with van der Waals surface area (Å²) in [6, 6.07) is 15.8. The zero-order valence-corrected chi connectivity index (χ0v) is 20.9. The first-order valence-electron chi connectivity index (χ1n) is 10.1. The average molecular weight is 605 g/mol. The van der Waals surface area contributed by atoms with Gasteiger partial charge < -0.3 is 0 Å². The van der Waals surface area contributed by atoms with Crippen molar-refractivity contribution in [3.8, 4) is 0 Å². The maximum absolute atomic E-state index is 13.2. The molecule has 0 saturated carbocycles. The van der Waals surface area contributed by atoms with E-state index >= 15 is 0 Å². The van der Waals surface area contributed by atoms with Gasteiger partial charge in [0.15, 0.2) is 0 Å². The monoisotopic (exact) mass is 605 g/mol. The van der Waals surface area contributed by atoms with Crippen LogP contribution in [-0.4, -0.2) is 74.8 Å². The van der Waals surface area contributed by atoms with Gasteiger partial charge in [-0.2, -0.15) is 0 Å². The number of aryl methyl sites for hydroxylation is 1. The number of nitrogens with one attached hydrogen (secondary N) is 1. The van der Waals surface area contributed by atoms with Gasteiger partial charge in [0.2, 0.25) is 0 Å². The summed E-state index contributed by atoms with van der Waals surface area (Å²) in [4.78, 5) is 27.2. The number of benzene rings is 2. The van der Waals surface area contributed by atoms with Crippen LogP contribution >= 0.6 is 0 Å². The van der Waals surface area contributed by atoms with Gasteiger partial charge in [-0.25, -0.2) is 4.39 Å². The molecule has 1 aliphatic rings. The molecule has 2 aromatic carbocycles. The molecule has 30 heavy (non-hydrogen) atoms. The molecule has 1 amide bonds. The molecule has 1 fully saturated rings. The Kier molecular flexibility index (Phi) is 8.38. The van der Waals surface area contributed by atoms with Gasteiger partial charge in [-0.05, 0) is 0 Å². The normalized spacial score (nSPS) is 19.5. The van der Waals surface area contributed by atoms with Crippen LogP contribution in [0.4, 0.5) is 4.39 Å². The van der Waals surface area contributed by atoms with Crippen molar-refractivity contribution in [3.63, 3.8) is 0 Å². The standard InChI is InChI=1S/C23H26FN2O3.Pb/c1-29-23(28)21-15-20(25-13-5-8-17-9-11-19(24)12-10-17)16-26(21)22(27)14-18-6-3-2-4-7-18;/h2-4,6-7,9-12,14,20-21,25H,5,8,13,15-16H2,1H3;. The zero-order chi connectivity index (χ0) is 21.5. The Balaban J connectivity index is 1.56. The van der Waals surface area contributed by atoms with E-state index in [1.807, 2.05) is 30.3 Å². The summed E-state index contributed by atoms with van der Waals surface area (Å²) in [5.74, 6) is -0.589. The van der Waals surface area contributed by atoms with Crippen LogP contribution in [-0.2, 0) is 20.7 Å². The number of likely N-dealkylation sites (tertiary alicyclic amines) is 1. The first-order chi connectivity index (χ1) is 14.5. The average Bonchev–Trinajstić information content (AvgIpc) is 3.21. The number of methoxy groups -OCH3 is 1. The van der Waals surface area contributed by atoms with E-state index in [1.165, 1.54) is 19.2 Å². The summed E-state index contributed by atoms with van der Waals surface area (Å²) in [5, 5.41) is 3.47. The van der Waals surface area contributed by atoms with E-state index in [2.05, 4.69) is 5.32 Å². The predicted octanol–water partition coefficient (Wildman–Crippen LogP) is 2.40. The Bertz CT molecular complexity index is 847. The van der Waals surface area contributed by atoms with Crippen LogP contribution in [0.2, 0.25) is 0 Å². The number of halogens is 1. The third-order valence-electron chi connectivity index (χ3n) is 5.43. The number of esters is 1.